The number of hydrazine groups is 1. The Bertz CT molecular complexity index is 603. The van der Waals surface area contributed by atoms with E-state index in [9.17, 15) is 0 Å². The molecule has 0 fully saturated rings. The highest BCUT2D eigenvalue weighted by Crippen LogP contribution is 2.31. The van der Waals surface area contributed by atoms with Gasteiger partial charge in [0.15, 0.2) is 0 Å². The van der Waals surface area contributed by atoms with Gasteiger partial charge in [-0.05, 0) is 23.8 Å². The Morgan fingerprint density at radius 1 is 1.05 bits per heavy atom. The lowest BCUT2D eigenvalue weighted by Gasteiger charge is -2.20. The molecular formula is C12H13Cl2N5. The highest BCUT2D eigenvalue weighted by atomic mass is 35.5. The van der Waals surface area contributed by atoms with E-state index in [2.05, 4.69) is 10.4 Å². The van der Waals surface area contributed by atoms with Crippen molar-refractivity contribution >= 4 is 34.7 Å². The molecule has 19 heavy (non-hydrogen) atoms. The van der Waals surface area contributed by atoms with Gasteiger partial charge in [0.1, 0.15) is 5.82 Å². The second kappa shape index (κ2) is 5.63. The summed E-state index contributed by atoms with van der Waals surface area (Å²) in [5, 5.41) is 1.02. The molecule has 1 aromatic carbocycles. The van der Waals surface area contributed by atoms with Gasteiger partial charge in [0.05, 0.1) is 11.1 Å². The maximum absolute atomic E-state index is 5.95. The topological polar surface area (TPSA) is 103 Å². The lowest BCUT2D eigenvalue weighted by Crippen LogP contribution is -2.30. The number of nitrogens with two attached hydrogens (primary N) is 3. The number of nitrogen functional groups attached to an aromatic ring is 2. The van der Waals surface area contributed by atoms with Gasteiger partial charge in [-0.2, -0.15) is 0 Å². The molecule has 0 bridgehead atoms. The maximum atomic E-state index is 5.95. The lowest BCUT2D eigenvalue weighted by atomic mass is 9.98. The van der Waals surface area contributed by atoms with Crippen molar-refractivity contribution in [3.63, 3.8) is 0 Å². The summed E-state index contributed by atoms with van der Waals surface area (Å²) >= 11 is 11.8. The Morgan fingerprint density at radius 2 is 1.79 bits per heavy atom. The minimum absolute atomic E-state index is 0.335. The maximum Gasteiger partial charge on any atom is 0.128 e. The zero-order chi connectivity index (χ0) is 14.0. The molecule has 0 aliphatic carbocycles. The van der Waals surface area contributed by atoms with Crippen molar-refractivity contribution in [1.29, 1.82) is 0 Å². The molecule has 0 spiro atoms. The van der Waals surface area contributed by atoms with E-state index in [0.717, 1.165) is 5.56 Å². The van der Waals surface area contributed by atoms with E-state index in [1.807, 2.05) is 0 Å². The van der Waals surface area contributed by atoms with Crippen LogP contribution >= 0.6 is 23.2 Å². The summed E-state index contributed by atoms with van der Waals surface area (Å²) in [6.07, 6.45) is 1.47. The summed E-state index contributed by atoms with van der Waals surface area (Å²) in [7, 11) is 0. The van der Waals surface area contributed by atoms with E-state index >= 15 is 0 Å². The minimum Gasteiger partial charge on any atom is -0.398 e. The standard InChI is InChI=1S/C12H13Cl2N5/c13-6-1-2-8(10(15)4-6)11(19-17)9-3-7(14)5-18-12(9)16/h1-5,11,19H,15,17H2,(H2,16,18). The molecule has 1 heterocycles. The molecule has 0 aliphatic rings. The first-order chi connectivity index (χ1) is 9.02. The highest BCUT2D eigenvalue weighted by Gasteiger charge is 2.19. The first kappa shape index (κ1) is 13.9. The third-order valence-corrected chi connectivity index (χ3v) is 3.20. The molecule has 1 unspecified atom stereocenters. The van der Waals surface area contributed by atoms with E-state index in [1.165, 1.54) is 6.20 Å². The zero-order valence-electron chi connectivity index (χ0n) is 9.90. The number of halogens is 2. The molecule has 5 nitrogen and oxygen atoms in total. The van der Waals surface area contributed by atoms with Gasteiger partial charge in [0.2, 0.25) is 0 Å². The summed E-state index contributed by atoms with van der Waals surface area (Å²) < 4.78 is 0. The van der Waals surface area contributed by atoms with E-state index in [4.69, 9.17) is 40.5 Å². The Hall–Kier alpha value is -1.53. The van der Waals surface area contributed by atoms with Crippen molar-refractivity contribution in [2.45, 2.75) is 6.04 Å². The van der Waals surface area contributed by atoms with E-state index in [-0.39, 0.29) is 0 Å². The van der Waals surface area contributed by atoms with Crippen LogP contribution in [-0.2, 0) is 0 Å². The third-order valence-electron chi connectivity index (χ3n) is 2.75. The molecule has 0 aliphatic heterocycles. The number of benzene rings is 1. The Balaban J connectivity index is 2.52. The van der Waals surface area contributed by atoms with Crippen molar-refractivity contribution in [3.05, 3.63) is 51.6 Å². The molecular weight excluding hydrogens is 285 g/mol. The average molecular weight is 298 g/mol. The van der Waals surface area contributed by atoms with Crippen LogP contribution in [0.5, 0.6) is 0 Å². The minimum atomic E-state index is -0.413. The van der Waals surface area contributed by atoms with Crippen molar-refractivity contribution in [2.75, 3.05) is 11.5 Å². The Kier molecular flexibility index (Phi) is 4.11. The van der Waals surface area contributed by atoms with Gasteiger partial charge < -0.3 is 11.5 Å². The number of nitrogens with one attached hydrogen (secondary N) is 1. The quantitative estimate of drug-likeness (QED) is 0.395. The largest absolute Gasteiger partial charge is 0.398 e. The SMILES string of the molecule is NNC(c1ccc(Cl)cc1N)c1cc(Cl)cnc1N. The van der Waals surface area contributed by atoms with Gasteiger partial charge in [0, 0.05) is 22.5 Å². The van der Waals surface area contributed by atoms with Gasteiger partial charge in [-0.3, -0.25) is 5.84 Å². The lowest BCUT2D eigenvalue weighted by molar-refractivity contribution is 0.638. The monoisotopic (exact) mass is 297 g/mol. The smallest absolute Gasteiger partial charge is 0.128 e. The predicted octanol–water partition coefficient (Wildman–Crippen LogP) is 2.11. The van der Waals surface area contributed by atoms with Crippen molar-refractivity contribution in [2.24, 2.45) is 5.84 Å². The van der Waals surface area contributed by atoms with Crippen LogP contribution in [-0.4, -0.2) is 4.98 Å². The van der Waals surface area contributed by atoms with Crippen LogP contribution in [0.25, 0.3) is 0 Å². The molecule has 100 valence electrons. The molecule has 1 atom stereocenters. The Morgan fingerprint density at radius 3 is 2.42 bits per heavy atom. The zero-order valence-corrected chi connectivity index (χ0v) is 11.4. The van der Waals surface area contributed by atoms with Crippen LogP contribution in [0.2, 0.25) is 10.0 Å². The summed E-state index contributed by atoms with van der Waals surface area (Å²) in [4.78, 5) is 4.00. The van der Waals surface area contributed by atoms with Crippen molar-refractivity contribution in [1.82, 2.24) is 10.4 Å². The molecule has 0 radical (unpaired) electrons. The van der Waals surface area contributed by atoms with Gasteiger partial charge in [-0.15, -0.1) is 0 Å². The third kappa shape index (κ3) is 2.90. The molecule has 1 aromatic heterocycles. The van der Waals surface area contributed by atoms with Crippen LogP contribution in [0, 0.1) is 0 Å². The average Bonchev–Trinajstić information content (AvgIpc) is 2.36. The van der Waals surface area contributed by atoms with E-state index in [1.54, 1.807) is 24.3 Å². The number of hydrogen-bond donors (Lipinski definition) is 4. The summed E-state index contributed by atoms with van der Waals surface area (Å²) in [5.74, 6) is 5.93. The predicted molar refractivity (Wildman–Crippen MR) is 78.7 cm³/mol. The molecule has 0 saturated heterocycles. The van der Waals surface area contributed by atoms with Gasteiger partial charge in [0.25, 0.3) is 0 Å². The van der Waals surface area contributed by atoms with Gasteiger partial charge in [-0.25, -0.2) is 10.4 Å². The molecule has 0 amide bonds. The Labute approximate surface area is 120 Å². The second-order valence-corrected chi connectivity index (χ2v) is 4.87. The van der Waals surface area contributed by atoms with E-state index < -0.39 is 6.04 Å². The number of rotatable bonds is 3. The fourth-order valence-corrected chi connectivity index (χ4v) is 2.20. The highest BCUT2D eigenvalue weighted by molar-refractivity contribution is 6.31. The number of hydrogen-bond acceptors (Lipinski definition) is 5. The van der Waals surface area contributed by atoms with Crippen molar-refractivity contribution in [3.8, 4) is 0 Å². The summed E-state index contributed by atoms with van der Waals surface area (Å²) in [6.45, 7) is 0. The van der Waals surface area contributed by atoms with Crippen LogP contribution in [0.4, 0.5) is 11.5 Å². The van der Waals surface area contributed by atoms with Gasteiger partial charge in [-0.1, -0.05) is 29.3 Å². The number of anilines is 2. The number of nitrogens with zero attached hydrogens (tertiary/aromatic N) is 1. The van der Waals surface area contributed by atoms with E-state index in [0.29, 0.717) is 27.1 Å². The van der Waals surface area contributed by atoms with Crippen LogP contribution < -0.4 is 22.7 Å². The number of aromatic nitrogens is 1. The normalized spacial score (nSPS) is 12.4. The molecule has 7 heteroatoms. The first-order valence-electron chi connectivity index (χ1n) is 5.45. The molecule has 7 N–H and O–H groups in total. The number of pyridine rings is 1. The summed E-state index contributed by atoms with van der Waals surface area (Å²) in [5.41, 5.74) is 16.4. The molecule has 2 rings (SSSR count). The second-order valence-electron chi connectivity index (χ2n) is 4.00. The van der Waals surface area contributed by atoms with Crippen LogP contribution in [0.15, 0.2) is 30.5 Å². The fraction of sp³-hybridized carbons (Fsp3) is 0.0833. The van der Waals surface area contributed by atoms with Crippen molar-refractivity contribution < 1.29 is 0 Å². The molecule has 2 aromatic rings. The summed E-state index contributed by atoms with van der Waals surface area (Å²) in [6, 6.07) is 6.44. The van der Waals surface area contributed by atoms with Crippen LogP contribution in [0.1, 0.15) is 17.2 Å². The van der Waals surface area contributed by atoms with Gasteiger partial charge >= 0.3 is 0 Å². The first-order valence-corrected chi connectivity index (χ1v) is 6.20. The van der Waals surface area contributed by atoms with Crippen LogP contribution in [0.3, 0.4) is 0 Å². The molecule has 0 saturated carbocycles. The fourth-order valence-electron chi connectivity index (χ4n) is 1.85.